The van der Waals surface area contributed by atoms with Crippen LogP contribution >= 0.6 is 11.3 Å². The Morgan fingerprint density at radius 3 is 2.74 bits per heavy atom. The molecule has 0 bridgehead atoms. The zero-order chi connectivity index (χ0) is 24.1. The molecule has 3 aromatic rings. The van der Waals surface area contributed by atoms with Crippen LogP contribution in [-0.4, -0.2) is 32.6 Å². The lowest BCUT2D eigenvalue weighted by Crippen LogP contribution is -2.23. The van der Waals surface area contributed by atoms with Crippen LogP contribution in [0.5, 0.6) is 0 Å². The van der Waals surface area contributed by atoms with Crippen LogP contribution in [0.4, 0.5) is 20.4 Å². The SMILES string of the molecule is Cc1cc(Nc2cc(C(F)F)ccn2)nc(-c2cnc(C(CO)OC(=O)C3CCCCC3)s2)c1. The molecule has 1 unspecified atom stereocenters. The molecular weight excluding hydrogens is 462 g/mol. The summed E-state index contributed by atoms with van der Waals surface area (Å²) in [6, 6.07) is 6.20. The van der Waals surface area contributed by atoms with E-state index in [9.17, 15) is 18.7 Å². The van der Waals surface area contributed by atoms with Crippen LogP contribution in [0, 0.1) is 12.8 Å². The van der Waals surface area contributed by atoms with Crippen molar-refractivity contribution in [2.24, 2.45) is 5.92 Å². The molecule has 4 rings (SSSR count). The van der Waals surface area contributed by atoms with Crippen molar-refractivity contribution in [3.63, 3.8) is 0 Å². The van der Waals surface area contributed by atoms with Crippen LogP contribution in [0.1, 0.15) is 60.8 Å². The largest absolute Gasteiger partial charge is 0.452 e. The molecule has 1 fully saturated rings. The Kier molecular flexibility index (Phi) is 7.79. The van der Waals surface area contributed by atoms with Crippen LogP contribution in [0.2, 0.25) is 0 Å². The van der Waals surface area contributed by atoms with Crippen molar-refractivity contribution in [2.75, 3.05) is 11.9 Å². The molecule has 0 aliphatic heterocycles. The molecular formula is C24H26F2N4O3S. The first-order chi connectivity index (χ1) is 16.4. The predicted molar refractivity (Wildman–Crippen MR) is 125 cm³/mol. The monoisotopic (exact) mass is 488 g/mol. The van der Waals surface area contributed by atoms with E-state index >= 15 is 0 Å². The van der Waals surface area contributed by atoms with E-state index in [-0.39, 0.29) is 29.9 Å². The molecule has 7 nitrogen and oxygen atoms in total. The van der Waals surface area contributed by atoms with Crippen molar-refractivity contribution < 1.29 is 23.4 Å². The van der Waals surface area contributed by atoms with Gasteiger partial charge in [0, 0.05) is 18.0 Å². The molecule has 2 N–H and O–H groups in total. The third-order valence-electron chi connectivity index (χ3n) is 5.68. The number of nitrogens with zero attached hydrogens (tertiary/aromatic N) is 3. The number of halogens is 2. The van der Waals surface area contributed by atoms with Gasteiger partial charge in [-0.1, -0.05) is 19.3 Å². The highest BCUT2D eigenvalue weighted by Crippen LogP contribution is 2.33. The van der Waals surface area contributed by atoms with Crippen LogP contribution in [0.25, 0.3) is 10.6 Å². The molecule has 3 aromatic heterocycles. The number of carbonyl (C=O) groups is 1. The third-order valence-corrected chi connectivity index (χ3v) is 6.79. The number of aliphatic hydroxyl groups excluding tert-OH is 1. The Morgan fingerprint density at radius 1 is 1.21 bits per heavy atom. The van der Waals surface area contributed by atoms with Crippen LogP contribution in [-0.2, 0) is 9.53 Å². The summed E-state index contributed by atoms with van der Waals surface area (Å²) in [6.07, 6.45) is 4.33. The van der Waals surface area contributed by atoms with Gasteiger partial charge in [-0.2, -0.15) is 0 Å². The minimum atomic E-state index is -2.59. The standard InChI is InChI=1S/C24H26F2N4O3S/c1-14-9-17(29-21(10-14)30-20-11-16(22(25)26)7-8-27-20)19-12-28-23(34-19)18(13-31)33-24(32)15-5-3-2-4-6-15/h7-12,15,18,22,31H,2-6,13H2,1H3,(H,27,29,30). The van der Waals surface area contributed by atoms with Crippen molar-refractivity contribution in [1.82, 2.24) is 15.0 Å². The van der Waals surface area contributed by atoms with Gasteiger partial charge in [0.1, 0.15) is 16.6 Å². The van der Waals surface area contributed by atoms with Crippen molar-refractivity contribution in [3.05, 3.63) is 52.8 Å². The van der Waals surface area contributed by atoms with Gasteiger partial charge < -0.3 is 15.2 Å². The summed E-state index contributed by atoms with van der Waals surface area (Å²) in [7, 11) is 0. The van der Waals surface area contributed by atoms with Gasteiger partial charge in [-0.3, -0.25) is 4.79 Å². The number of aromatic nitrogens is 3. The van der Waals surface area contributed by atoms with E-state index in [0.717, 1.165) is 42.5 Å². The van der Waals surface area contributed by atoms with Crippen LogP contribution in [0.3, 0.4) is 0 Å². The van der Waals surface area contributed by atoms with Crippen molar-refractivity contribution in [2.45, 2.75) is 51.6 Å². The van der Waals surface area contributed by atoms with Gasteiger partial charge in [-0.25, -0.2) is 23.7 Å². The number of aliphatic hydroxyl groups is 1. The molecule has 1 atom stereocenters. The molecule has 34 heavy (non-hydrogen) atoms. The van der Waals surface area contributed by atoms with Gasteiger partial charge >= 0.3 is 5.97 Å². The Balaban J connectivity index is 1.50. The summed E-state index contributed by atoms with van der Waals surface area (Å²) in [5, 5.41) is 13.3. The predicted octanol–water partition coefficient (Wildman–Crippen LogP) is 5.75. The van der Waals surface area contributed by atoms with E-state index < -0.39 is 12.5 Å². The summed E-state index contributed by atoms with van der Waals surface area (Å²) < 4.78 is 31.6. The highest BCUT2D eigenvalue weighted by atomic mass is 32.1. The van der Waals surface area contributed by atoms with E-state index in [2.05, 4.69) is 20.3 Å². The molecule has 3 heterocycles. The molecule has 0 aromatic carbocycles. The second-order valence-corrected chi connectivity index (χ2v) is 9.38. The Hall–Kier alpha value is -2.98. The number of alkyl halides is 2. The van der Waals surface area contributed by atoms with E-state index in [1.165, 1.54) is 29.7 Å². The van der Waals surface area contributed by atoms with Crippen LogP contribution in [0.15, 0.2) is 36.7 Å². The Labute approximate surface area is 200 Å². The second kappa shape index (κ2) is 11.0. The van der Waals surface area contributed by atoms with Gasteiger partial charge in [0.05, 0.1) is 23.1 Å². The molecule has 0 spiro atoms. The van der Waals surface area contributed by atoms with Crippen molar-refractivity contribution in [3.8, 4) is 10.6 Å². The fourth-order valence-corrected chi connectivity index (χ4v) is 4.83. The van der Waals surface area contributed by atoms with Gasteiger partial charge in [0.25, 0.3) is 6.43 Å². The molecule has 10 heteroatoms. The zero-order valence-electron chi connectivity index (χ0n) is 18.7. The minimum Gasteiger partial charge on any atom is -0.452 e. The first kappa shape index (κ1) is 24.2. The van der Waals surface area contributed by atoms with Crippen molar-refractivity contribution >= 4 is 28.9 Å². The number of pyridine rings is 2. The fraction of sp³-hybridized carbons (Fsp3) is 0.417. The summed E-state index contributed by atoms with van der Waals surface area (Å²) in [4.78, 5) is 26.3. The molecule has 1 saturated carbocycles. The zero-order valence-corrected chi connectivity index (χ0v) is 19.5. The average molecular weight is 489 g/mol. The molecule has 0 radical (unpaired) electrons. The topological polar surface area (TPSA) is 97.2 Å². The maximum atomic E-state index is 13.0. The highest BCUT2D eigenvalue weighted by molar-refractivity contribution is 7.15. The lowest BCUT2D eigenvalue weighted by atomic mass is 9.89. The Morgan fingerprint density at radius 2 is 2.00 bits per heavy atom. The minimum absolute atomic E-state index is 0.119. The van der Waals surface area contributed by atoms with E-state index in [1.807, 2.05) is 13.0 Å². The maximum absolute atomic E-state index is 13.0. The first-order valence-corrected chi connectivity index (χ1v) is 12.0. The van der Waals surface area contributed by atoms with Gasteiger partial charge in [0.15, 0.2) is 6.10 Å². The fourth-order valence-electron chi connectivity index (χ4n) is 3.94. The quantitative estimate of drug-likeness (QED) is 0.390. The lowest BCUT2D eigenvalue weighted by molar-refractivity contribution is -0.157. The summed E-state index contributed by atoms with van der Waals surface area (Å²) in [6.45, 7) is 1.54. The number of nitrogens with one attached hydrogen (secondary N) is 1. The van der Waals surface area contributed by atoms with E-state index in [4.69, 9.17) is 4.74 Å². The molecule has 1 aliphatic rings. The van der Waals surface area contributed by atoms with Crippen LogP contribution < -0.4 is 5.32 Å². The third kappa shape index (κ3) is 5.92. The normalized spacial score (nSPS) is 15.3. The Bertz CT molecular complexity index is 1130. The van der Waals surface area contributed by atoms with Gasteiger partial charge in [-0.05, 0) is 49.6 Å². The number of thiazole rings is 1. The van der Waals surface area contributed by atoms with Crippen molar-refractivity contribution in [1.29, 1.82) is 0 Å². The van der Waals surface area contributed by atoms with E-state index in [1.54, 1.807) is 12.3 Å². The summed E-state index contributed by atoms with van der Waals surface area (Å²) >= 11 is 1.28. The number of ether oxygens (including phenoxy) is 1. The summed E-state index contributed by atoms with van der Waals surface area (Å²) in [5.41, 5.74) is 1.39. The van der Waals surface area contributed by atoms with Gasteiger partial charge in [-0.15, -0.1) is 11.3 Å². The molecule has 0 amide bonds. The number of esters is 1. The number of hydrogen-bond donors (Lipinski definition) is 2. The first-order valence-electron chi connectivity index (χ1n) is 11.2. The lowest BCUT2D eigenvalue weighted by Gasteiger charge is -2.22. The molecule has 0 saturated heterocycles. The number of hydrogen-bond acceptors (Lipinski definition) is 8. The smallest absolute Gasteiger partial charge is 0.309 e. The number of rotatable bonds is 8. The molecule has 1 aliphatic carbocycles. The average Bonchev–Trinajstić information content (AvgIpc) is 3.33. The highest BCUT2D eigenvalue weighted by Gasteiger charge is 2.27. The maximum Gasteiger partial charge on any atom is 0.309 e. The molecule has 180 valence electrons. The summed E-state index contributed by atoms with van der Waals surface area (Å²) in [5.74, 6) is 0.314. The number of carbonyl (C=O) groups excluding carboxylic acids is 1. The van der Waals surface area contributed by atoms with E-state index in [0.29, 0.717) is 16.5 Å². The number of aryl methyl sites for hydroxylation is 1. The van der Waals surface area contributed by atoms with Gasteiger partial charge in [0.2, 0.25) is 0 Å². The second-order valence-electron chi connectivity index (χ2n) is 8.32. The number of anilines is 2.